The van der Waals surface area contributed by atoms with Crippen molar-refractivity contribution in [3.8, 4) is 5.75 Å². The largest absolute Gasteiger partial charge is 0.573 e. The van der Waals surface area contributed by atoms with Gasteiger partial charge in [0.25, 0.3) is 0 Å². The van der Waals surface area contributed by atoms with E-state index in [0.717, 1.165) is 6.26 Å². The highest BCUT2D eigenvalue weighted by molar-refractivity contribution is 7.90. The standard InChI is InChI=1S/C11H14F3NO3S/c1-19(16,17)6-5-15-8-9-3-2-4-10(7-9)18-11(12,13)14/h2-4,7,15H,5-6,8H2,1H3. The van der Waals surface area contributed by atoms with Crippen LogP contribution in [-0.2, 0) is 16.4 Å². The summed E-state index contributed by atoms with van der Waals surface area (Å²) in [6.07, 6.45) is -3.60. The highest BCUT2D eigenvalue weighted by atomic mass is 32.2. The summed E-state index contributed by atoms with van der Waals surface area (Å²) in [6, 6.07) is 5.51. The minimum atomic E-state index is -4.72. The van der Waals surface area contributed by atoms with E-state index < -0.39 is 16.2 Å². The molecule has 0 aliphatic rings. The molecule has 1 aromatic carbocycles. The second-order valence-electron chi connectivity index (χ2n) is 4.00. The maximum atomic E-state index is 12.0. The smallest absolute Gasteiger partial charge is 0.406 e. The van der Waals surface area contributed by atoms with Gasteiger partial charge in [0.05, 0.1) is 5.75 Å². The van der Waals surface area contributed by atoms with Gasteiger partial charge in [-0.25, -0.2) is 8.42 Å². The van der Waals surface area contributed by atoms with Crippen LogP contribution in [-0.4, -0.2) is 33.3 Å². The third-order valence-electron chi connectivity index (χ3n) is 2.11. The van der Waals surface area contributed by atoms with Crippen molar-refractivity contribution in [3.63, 3.8) is 0 Å². The molecule has 108 valence electrons. The van der Waals surface area contributed by atoms with E-state index in [2.05, 4.69) is 10.1 Å². The van der Waals surface area contributed by atoms with Crippen molar-refractivity contribution in [3.05, 3.63) is 29.8 Å². The van der Waals surface area contributed by atoms with Crippen LogP contribution >= 0.6 is 0 Å². The number of nitrogens with one attached hydrogen (secondary N) is 1. The van der Waals surface area contributed by atoms with Crippen molar-refractivity contribution in [1.82, 2.24) is 5.32 Å². The van der Waals surface area contributed by atoms with Crippen LogP contribution in [0.4, 0.5) is 13.2 Å². The van der Waals surface area contributed by atoms with Crippen LogP contribution in [0.2, 0.25) is 0 Å². The Kier molecular flexibility index (Phi) is 5.19. The van der Waals surface area contributed by atoms with E-state index in [1.54, 1.807) is 6.07 Å². The fourth-order valence-corrected chi connectivity index (χ4v) is 1.86. The van der Waals surface area contributed by atoms with E-state index in [1.807, 2.05) is 0 Å². The quantitative estimate of drug-likeness (QED) is 0.812. The van der Waals surface area contributed by atoms with E-state index in [0.29, 0.717) is 5.56 Å². The maximum absolute atomic E-state index is 12.0. The number of rotatable bonds is 6. The van der Waals surface area contributed by atoms with Crippen LogP contribution in [0.1, 0.15) is 5.56 Å². The minimum Gasteiger partial charge on any atom is -0.406 e. The van der Waals surface area contributed by atoms with Gasteiger partial charge < -0.3 is 10.1 Å². The molecule has 4 nitrogen and oxygen atoms in total. The second kappa shape index (κ2) is 6.25. The molecule has 0 fully saturated rings. The first kappa shape index (κ1) is 15.8. The zero-order valence-electron chi connectivity index (χ0n) is 10.2. The molecule has 1 aromatic rings. The van der Waals surface area contributed by atoms with E-state index in [4.69, 9.17) is 0 Å². The number of alkyl halides is 3. The molecule has 0 radical (unpaired) electrons. The molecule has 0 unspecified atom stereocenters. The molecule has 0 saturated carbocycles. The zero-order valence-corrected chi connectivity index (χ0v) is 11.0. The predicted octanol–water partition coefficient (Wildman–Crippen LogP) is 1.72. The van der Waals surface area contributed by atoms with E-state index in [1.165, 1.54) is 18.2 Å². The normalized spacial score (nSPS) is 12.4. The average Bonchev–Trinajstić information content (AvgIpc) is 2.21. The molecule has 0 bridgehead atoms. The third kappa shape index (κ3) is 7.68. The molecule has 0 saturated heterocycles. The lowest BCUT2D eigenvalue weighted by Crippen LogP contribution is -2.22. The summed E-state index contributed by atoms with van der Waals surface area (Å²) in [5, 5.41) is 2.83. The molecule has 8 heteroatoms. The Hall–Kier alpha value is -1.28. The lowest BCUT2D eigenvalue weighted by molar-refractivity contribution is -0.274. The topological polar surface area (TPSA) is 55.4 Å². The van der Waals surface area contributed by atoms with Crippen molar-refractivity contribution in [1.29, 1.82) is 0 Å². The number of hydrogen-bond donors (Lipinski definition) is 1. The second-order valence-corrected chi connectivity index (χ2v) is 6.26. The first-order chi connectivity index (χ1) is 8.66. The Balaban J connectivity index is 2.49. The van der Waals surface area contributed by atoms with Gasteiger partial charge in [0.2, 0.25) is 0 Å². The molecule has 0 spiro atoms. The van der Waals surface area contributed by atoms with Crippen molar-refractivity contribution < 1.29 is 26.3 Å². The van der Waals surface area contributed by atoms with Gasteiger partial charge in [0.15, 0.2) is 0 Å². The zero-order chi connectivity index (χ0) is 14.5. The van der Waals surface area contributed by atoms with Gasteiger partial charge in [-0.15, -0.1) is 13.2 Å². The summed E-state index contributed by atoms with van der Waals surface area (Å²) in [5.74, 6) is -0.318. The van der Waals surface area contributed by atoms with Gasteiger partial charge in [-0.3, -0.25) is 0 Å². The van der Waals surface area contributed by atoms with Crippen molar-refractivity contribution in [2.24, 2.45) is 0 Å². The van der Waals surface area contributed by atoms with Crippen molar-refractivity contribution in [2.45, 2.75) is 12.9 Å². The van der Waals surface area contributed by atoms with Gasteiger partial charge in [0, 0.05) is 19.3 Å². The van der Waals surface area contributed by atoms with Gasteiger partial charge in [-0.1, -0.05) is 12.1 Å². The lowest BCUT2D eigenvalue weighted by Gasteiger charge is -2.10. The Bertz CT molecular complexity index is 514. The molecule has 0 aliphatic carbocycles. The Labute approximate surface area is 109 Å². The van der Waals surface area contributed by atoms with Crippen molar-refractivity contribution >= 4 is 9.84 Å². The Morgan fingerprint density at radius 1 is 1.32 bits per heavy atom. The van der Waals surface area contributed by atoms with E-state index >= 15 is 0 Å². The molecular formula is C11H14F3NO3S. The monoisotopic (exact) mass is 297 g/mol. The van der Waals surface area contributed by atoms with Gasteiger partial charge in [-0.05, 0) is 17.7 Å². The predicted molar refractivity (Wildman–Crippen MR) is 64.5 cm³/mol. The SMILES string of the molecule is CS(=O)(=O)CCNCc1cccc(OC(F)(F)F)c1. The molecule has 0 heterocycles. The van der Waals surface area contributed by atoms with Crippen LogP contribution < -0.4 is 10.1 Å². The van der Waals surface area contributed by atoms with Crippen molar-refractivity contribution in [2.75, 3.05) is 18.6 Å². The number of halogens is 3. The molecule has 1 rings (SSSR count). The fourth-order valence-electron chi connectivity index (χ4n) is 1.34. The Morgan fingerprint density at radius 2 is 2.00 bits per heavy atom. The number of benzene rings is 1. The summed E-state index contributed by atoms with van der Waals surface area (Å²) in [7, 11) is -3.05. The number of sulfone groups is 1. The van der Waals surface area contributed by atoms with E-state index in [-0.39, 0.29) is 24.6 Å². The molecule has 0 atom stereocenters. The molecule has 1 N–H and O–H groups in total. The van der Waals surface area contributed by atoms with Crippen LogP contribution in [0.3, 0.4) is 0 Å². The van der Waals surface area contributed by atoms with Crippen LogP contribution in [0, 0.1) is 0 Å². The van der Waals surface area contributed by atoms with Crippen LogP contribution in [0.15, 0.2) is 24.3 Å². The molecular weight excluding hydrogens is 283 g/mol. The summed E-state index contributed by atoms with van der Waals surface area (Å²) in [5.41, 5.74) is 0.579. The average molecular weight is 297 g/mol. The van der Waals surface area contributed by atoms with Gasteiger partial charge in [0.1, 0.15) is 15.6 Å². The minimum absolute atomic E-state index is 0.0221. The first-order valence-corrected chi connectivity index (χ1v) is 7.45. The maximum Gasteiger partial charge on any atom is 0.573 e. The summed E-state index contributed by atoms with van der Waals surface area (Å²) in [6.45, 7) is 0.508. The highest BCUT2D eigenvalue weighted by Crippen LogP contribution is 2.23. The molecule has 19 heavy (non-hydrogen) atoms. The lowest BCUT2D eigenvalue weighted by atomic mass is 10.2. The highest BCUT2D eigenvalue weighted by Gasteiger charge is 2.31. The summed E-state index contributed by atoms with van der Waals surface area (Å²) < 4.78 is 61.5. The molecule has 0 amide bonds. The van der Waals surface area contributed by atoms with Gasteiger partial charge >= 0.3 is 6.36 Å². The Morgan fingerprint density at radius 3 is 2.58 bits per heavy atom. The summed E-state index contributed by atoms with van der Waals surface area (Å²) in [4.78, 5) is 0. The van der Waals surface area contributed by atoms with E-state index in [9.17, 15) is 21.6 Å². The first-order valence-electron chi connectivity index (χ1n) is 5.39. The van der Waals surface area contributed by atoms with Crippen LogP contribution in [0.25, 0.3) is 0 Å². The summed E-state index contributed by atoms with van der Waals surface area (Å²) >= 11 is 0. The van der Waals surface area contributed by atoms with Crippen LogP contribution in [0.5, 0.6) is 5.75 Å². The number of hydrogen-bond acceptors (Lipinski definition) is 4. The fraction of sp³-hybridized carbons (Fsp3) is 0.455. The molecule has 0 aromatic heterocycles. The van der Waals surface area contributed by atoms with Gasteiger partial charge in [-0.2, -0.15) is 0 Å². The number of ether oxygens (including phenoxy) is 1. The third-order valence-corrected chi connectivity index (χ3v) is 3.06. The molecule has 0 aliphatic heterocycles.